The van der Waals surface area contributed by atoms with Crippen LogP contribution >= 0.6 is 0 Å². The van der Waals surface area contributed by atoms with E-state index in [0.29, 0.717) is 19.3 Å². The minimum Gasteiger partial charge on any atom is -0.481 e. The fourth-order valence-electron chi connectivity index (χ4n) is 3.28. The van der Waals surface area contributed by atoms with Crippen molar-refractivity contribution < 1.29 is 19.9 Å². The van der Waals surface area contributed by atoms with Gasteiger partial charge in [-0.2, -0.15) is 0 Å². The molecule has 154 valence electrons. The molecule has 0 amide bonds. The van der Waals surface area contributed by atoms with Gasteiger partial charge in [0.05, 0.1) is 0 Å². The summed E-state index contributed by atoms with van der Waals surface area (Å²) in [5.41, 5.74) is 0. The minimum absolute atomic E-state index is 0.199. The van der Waals surface area contributed by atoms with Crippen molar-refractivity contribution >= 4 is 5.97 Å². The topological polar surface area (TPSA) is 101 Å². The maximum absolute atomic E-state index is 11.2. The first-order valence-corrected chi connectivity index (χ1v) is 10.5. The van der Waals surface area contributed by atoms with Gasteiger partial charge in [0, 0.05) is 17.8 Å². The molecule has 0 spiro atoms. The second-order valence-electron chi connectivity index (χ2n) is 7.38. The first-order chi connectivity index (χ1) is 12.5. The Kier molecular flexibility index (Phi) is 16.5. The molecule has 0 saturated carbocycles. The highest BCUT2D eigenvalue weighted by atomic mass is 16.6. The third-order valence-electron chi connectivity index (χ3n) is 4.96. The Morgan fingerprint density at radius 1 is 0.846 bits per heavy atom. The van der Waals surface area contributed by atoms with Crippen molar-refractivity contribution in [3.05, 3.63) is 10.1 Å². The van der Waals surface area contributed by atoms with E-state index in [9.17, 15) is 20.0 Å². The Morgan fingerprint density at radius 3 is 1.81 bits per heavy atom. The Hall–Kier alpha value is -1.17. The summed E-state index contributed by atoms with van der Waals surface area (Å²) in [5, 5.41) is 29.9. The first kappa shape index (κ1) is 24.8. The van der Waals surface area contributed by atoms with E-state index in [4.69, 9.17) is 5.11 Å². The summed E-state index contributed by atoms with van der Waals surface area (Å²) in [6.45, 7) is 2.20. The molecule has 0 aromatic rings. The zero-order chi connectivity index (χ0) is 19.6. The minimum atomic E-state index is -0.867. The number of carboxylic acids is 1. The summed E-state index contributed by atoms with van der Waals surface area (Å²) in [5.74, 6) is -0.768. The standard InChI is InChI=1S/C20H39NO5/c1-2-3-4-5-6-7-9-12-15-18(21(25)26)19(22)16-13-10-8-11-14-17-20(23)24/h18-19,22H,2-17H2,1H3,(H,23,24). The van der Waals surface area contributed by atoms with Gasteiger partial charge in [-0.15, -0.1) is 0 Å². The zero-order valence-corrected chi connectivity index (χ0v) is 16.5. The molecule has 0 saturated heterocycles. The molecule has 0 radical (unpaired) electrons. The zero-order valence-electron chi connectivity index (χ0n) is 16.5. The van der Waals surface area contributed by atoms with E-state index in [1.54, 1.807) is 0 Å². The number of aliphatic hydroxyl groups excluding tert-OH is 1. The molecule has 0 heterocycles. The number of aliphatic carboxylic acids is 1. The summed E-state index contributed by atoms with van der Waals surface area (Å²) in [4.78, 5) is 21.3. The number of rotatable bonds is 19. The Labute approximate surface area is 158 Å². The summed E-state index contributed by atoms with van der Waals surface area (Å²) in [6.07, 6.45) is 13.6. The predicted molar refractivity (Wildman–Crippen MR) is 104 cm³/mol. The highest BCUT2D eigenvalue weighted by Gasteiger charge is 2.28. The molecule has 0 bridgehead atoms. The van der Waals surface area contributed by atoms with Crippen LogP contribution in [0.3, 0.4) is 0 Å². The fraction of sp³-hybridized carbons (Fsp3) is 0.950. The second-order valence-corrected chi connectivity index (χ2v) is 7.38. The van der Waals surface area contributed by atoms with Gasteiger partial charge in [-0.3, -0.25) is 14.9 Å². The summed E-state index contributed by atoms with van der Waals surface area (Å²) < 4.78 is 0. The molecule has 0 aliphatic heterocycles. The van der Waals surface area contributed by atoms with Crippen molar-refractivity contribution in [2.75, 3.05) is 0 Å². The van der Waals surface area contributed by atoms with Crippen LogP contribution in [0, 0.1) is 10.1 Å². The predicted octanol–water partition coefficient (Wildman–Crippen LogP) is 5.34. The van der Waals surface area contributed by atoms with Gasteiger partial charge in [-0.1, -0.05) is 77.6 Å². The van der Waals surface area contributed by atoms with E-state index < -0.39 is 18.1 Å². The molecular weight excluding hydrogens is 334 g/mol. The normalized spacial score (nSPS) is 13.5. The summed E-state index contributed by atoms with van der Waals surface area (Å²) in [6, 6.07) is -0.845. The SMILES string of the molecule is CCCCCCCCCCC(C(O)CCCCCCCC(=O)O)[N+](=O)[O-]. The van der Waals surface area contributed by atoms with Crippen molar-refractivity contribution in [1.29, 1.82) is 0 Å². The molecule has 2 N–H and O–H groups in total. The van der Waals surface area contributed by atoms with E-state index >= 15 is 0 Å². The van der Waals surface area contributed by atoms with Crippen molar-refractivity contribution in [2.24, 2.45) is 0 Å². The molecule has 0 fully saturated rings. The highest BCUT2D eigenvalue weighted by molar-refractivity contribution is 5.66. The Bertz CT molecular complexity index is 362. The average molecular weight is 374 g/mol. The number of hydrogen-bond donors (Lipinski definition) is 2. The van der Waals surface area contributed by atoms with E-state index in [0.717, 1.165) is 44.9 Å². The molecule has 2 unspecified atom stereocenters. The third kappa shape index (κ3) is 15.1. The van der Waals surface area contributed by atoms with Crippen LogP contribution < -0.4 is 0 Å². The van der Waals surface area contributed by atoms with E-state index in [1.165, 1.54) is 32.1 Å². The Balaban J connectivity index is 3.74. The largest absolute Gasteiger partial charge is 0.481 e. The highest BCUT2D eigenvalue weighted by Crippen LogP contribution is 2.17. The maximum atomic E-state index is 11.2. The van der Waals surface area contributed by atoms with Crippen LogP contribution in [0.4, 0.5) is 0 Å². The third-order valence-corrected chi connectivity index (χ3v) is 4.96. The molecule has 6 nitrogen and oxygen atoms in total. The van der Waals surface area contributed by atoms with Crippen LogP contribution in [0.2, 0.25) is 0 Å². The van der Waals surface area contributed by atoms with Crippen LogP contribution in [0.25, 0.3) is 0 Å². The molecule has 0 rings (SSSR count). The van der Waals surface area contributed by atoms with Gasteiger partial charge in [-0.25, -0.2) is 0 Å². The second kappa shape index (κ2) is 17.3. The van der Waals surface area contributed by atoms with Crippen molar-refractivity contribution in [1.82, 2.24) is 0 Å². The average Bonchev–Trinajstić information content (AvgIpc) is 2.58. The molecule has 0 aliphatic carbocycles. The summed E-state index contributed by atoms with van der Waals surface area (Å²) in [7, 11) is 0. The van der Waals surface area contributed by atoms with Crippen molar-refractivity contribution in [2.45, 2.75) is 122 Å². The molecule has 2 atom stereocenters. The number of nitro groups is 1. The molecule has 0 aromatic heterocycles. The van der Waals surface area contributed by atoms with Gasteiger partial charge in [-0.05, 0) is 19.3 Å². The lowest BCUT2D eigenvalue weighted by atomic mass is 9.98. The fourth-order valence-corrected chi connectivity index (χ4v) is 3.28. The molecule has 0 aliphatic rings. The van der Waals surface area contributed by atoms with Gasteiger partial charge >= 0.3 is 5.97 Å². The first-order valence-electron chi connectivity index (χ1n) is 10.5. The number of hydrogen-bond acceptors (Lipinski definition) is 4. The molecule has 0 aromatic carbocycles. The quantitative estimate of drug-likeness (QED) is 0.181. The monoisotopic (exact) mass is 373 g/mol. The van der Waals surface area contributed by atoms with Crippen LogP contribution in [0.15, 0.2) is 0 Å². The maximum Gasteiger partial charge on any atom is 0.303 e. The lowest BCUT2D eigenvalue weighted by Crippen LogP contribution is -2.33. The number of carbonyl (C=O) groups is 1. The van der Waals surface area contributed by atoms with Gasteiger partial charge in [0.15, 0.2) is 0 Å². The number of unbranched alkanes of at least 4 members (excludes halogenated alkanes) is 11. The van der Waals surface area contributed by atoms with Crippen LogP contribution in [-0.2, 0) is 4.79 Å². The van der Waals surface area contributed by atoms with Crippen molar-refractivity contribution in [3.63, 3.8) is 0 Å². The molecule has 6 heteroatoms. The van der Waals surface area contributed by atoms with E-state index in [2.05, 4.69) is 6.92 Å². The van der Waals surface area contributed by atoms with Crippen LogP contribution in [0.5, 0.6) is 0 Å². The molecular formula is C20H39NO5. The number of aliphatic hydroxyl groups is 1. The molecule has 26 heavy (non-hydrogen) atoms. The number of carboxylic acid groups (broad SMARTS) is 1. The lowest BCUT2D eigenvalue weighted by Gasteiger charge is -2.16. The number of nitrogens with zero attached hydrogens (tertiary/aromatic N) is 1. The van der Waals surface area contributed by atoms with E-state index in [-0.39, 0.29) is 11.3 Å². The van der Waals surface area contributed by atoms with Gasteiger partial charge < -0.3 is 10.2 Å². The van der Waals surface area contributed by atoms with E-state index in [1.807, 2.05) is 0 Å². The van der Waals surface area contributed by atoms with Gasteiger partial charge in [0.2, 0.25) is 6.04 Å². The van der Waals surface area contributed by atoms with Gasteiger partial charge in [0.1, 0.15) is 6.10 Å². The van der Waals surface area contributed by atoms with Crippen LogP contribution in [-0.4, -0.2) is 33.3 Å². The van der Waals surface area contributed by atoms with Crippen LogP contribution in [0.1, 0.15) is 110 Å². The Morgan fingerprint density at radius 2 is 1.31 bits per heavy atom. The smallest absolute Gasteiger partial charge is 0.303 e. The lowest BCUT2D eigenvalue weighted by molar-refractivity contribution is -0.535. The van der Waals surface area contributed by atoms with Gasteiger partial charge in [0.25, 0.3) is 0 Å². The summed E-state index contributed by atoms with van der Waals surface area (Å²) >= 11 is 0. The van der Waals surface area contributed by atoms with Crippen molar-refractivity contribution in [3.8, 4) is 0 Å².